The summed E-state index contributed by atoms with van der Waals surface area (Å²) < 4.78 is 1.12. The van der Waals surface area contributed by atoms with Crippen LogP contribution in [0, 0.1) is 0 Å². The lowest BCUT2D eigenvalue weighted by Crippen LogP contribution is -2.37. The van der Waals surface area contributed by atoms with Gasteiger partial charge in [0.25, 0.3) is 0 Å². The monoisotopic (exact) mass is 309 g/mol. The Balaban J connectivity index is 1.80. The molecule has 1 aromatic carbocycles. The van der Waals surface area contributed by atoms with Crippen LogP contribution in [0.2, 0.25) is 0 Å². The van der Waals surface area contributed by atoms with Crippen LogP contribution in [-0.4, -0.2) is 43.5 Å². The van der Waals surface area contributed by atoms with E-state index in [0.717, 1.165) is 23.0 Å². The van der Waals surface area contributed by atoms with E-state index < -0.39 is 5.69 Å². The van der Waals surface area contributed by atoms with Gasteiger partial charge in [0, 0.05) is 18.7 Å². The van der Waals surface area contributed by atoms with Crippen LogP contribution in [0.1, 0.15) is 12.8 Å². The molecule has 1 aliphatic rings. The molecule has 0 aliphatic carbocycles. The SMILES string of the molecule is O=C(N1CCCC1)n1c(=O)[nH]c2nc(-c3ccccc3)ncc21. The predicted octanol–water partition coefficient (Wildman–Crippen LogP) is 1.85. The highest BCUT2D eigenvalue weighted by molar-refractivity contribution is 5.87. The molecule has 1 fully saturated rings. The number of hydrogen-bond acceptors (Lipinski definition) is 4. The van der Waals surface area contributed by atoms with Gasteiger partial charge in [-0.2, -0.15) is 0 Å². The molecule has 2 aromatic heterocycles. The second-order valence-electron chi connectivity index (χ2n) is 5.54. The van der Waals surface area contributed by atoms with E-state index in [4.69, 9.17) is 0 Å². The Morgan fingerprint density at radius 3 is 2.61 bits per heavy atom. The summed E-state index contributed by atoms with van der Waals surface area (Å²) in [7, 11) is 0. The van der Waals surface area contributed by atoms with Gasteiger partial charge in [-0.1, -0.05) is 30.3 Å². The topological polar surface area (TPSA) is 83.9 Å². The summed E-state index contributed by atoms with van der Waals surface area (Å²) in [4.78, 5) is 37.7. The van der Waals surface area contributed by atoms with Crippen LogP contribution in [-0.2, 0) is 0 Å². The first-order chi connectivity index (χ1) is 11.2. The first-order valence-electron chi connectivity index (χ1n) is 7.56. The molecule has 0 bridgehead atoms. The number of amides is 1. The van der Waals surface area contributed by atoms with E-state index >= 15 is 0 Å². The number of carbonyl (C=O) groups is 1. The fourth-order valence-corrected chi connectivity index (χ4v) is 2.86. The van der Waals surface area contributed by atoms with Crippen molar-refractivity contribution in [3.8, 4) is 11.4 Å². The van der Waals surface area contributed by atoms with Crippen LogP contribution in [0.5, 0.6) is 0 Å². The molecule has 0 spiro atoms. The van der Waals surface area contributed by atoms with Gasteiger partial charge in [0.15, 0.2) is 11.5 Å². The quantitative estimate of drug-likeness (QED) is 0.743. The van der Waals surface area contributed by atoms with E-state index in [2.05, 4.69) is 15.0 Å². The van der Waals surface area contributed by atoms with Gasteiger partial charge in [0.05, 0.1) is 6.20 Å². The van der Waals surface area contributed by atoms with Gasteiger partial charge in [-0.3, -0.25) is 4.98 Å². The lowest BCUT2D eigenvalue weighted by Gasteiger charge is -2.14. The first-order valence-corrected chi connectivity index (χ1v) is 7.56. The number of H-pyrrole nitrogens is 1. The zero-order valence-electron chi connectivity index (χ0n) is 12.4. The molecule has 0 saturated carbocycles. The number of aromatic amines is 1. The molecule has 0 radical (unpaired) electrons. The fourth-order valence-electron chi connectivity index (χ4n) is 2.86. The van der Waals surface area contributed by atoms with Gasteiger partial charge in [0.1, 0.15) is 5.52 Å². The number of benzene rings is 1. The number of fused-ring (bicyclic) bond motifs is 1. The summed E-state index contributed by atoms with van der Waals surface area (Å²) in [5, 5.41) is 0. The average molecular weight is 309 g/mol. The molecule has 7 nitrogen and oxygen atoms in total. The van der Waals surface area contributed by atoms with E-state index in [0.29, 0.717) is 30.1 Å². The van der Waals surface area contributed by atoms with Gasteiger partial charge in [-0.05, 0) is 12.8 Å². The lowest BCUT2D eigenvalue weighted by molar-refractivity contribution is 0.210. The molecule has 3 aromatic rings. The molecule has 3 heterocycles. The summed E-state index contributed by atoms with van der Waals surface area (Å²) in [6.07, 6.45) is 3.46. The smallest absolute Gasteiger partial charge is 0.324 e. The van der Waals surface area contributed by atoms with Crippen LogP contribution in [0.15, 0.2) is 41.3 Å². The molecule has 116 valence electrons. The van der Waals surface area contributed by atoms with Crippen LogP contribution in [0.25, 0.3) is 22.6 Å². The van der Waals surface area contributed by atoms with Gasteiger partial charge < -0.3 is 4.90 Å². The molecule has 0 atom stereocenters. The standard InChI is InChI=1S/C16H15N5O2/c22-15-19-14-12(21(15)16(23)20-8-4-5-9-20)10-17-13(18-14)11-6-2-1-3-7-11/h1-3,6-7,10H,4-5,8-9H2,(H,17,18,19,22). The molecule has 1 amide bonds. The number of imidazole rings is 1. The Kier molecular flexibility index (Phi) is 3.18. The highest BCUT2D eigenvalue weighted by Gasteiger charge is 2.23. The number of aromatic nitrogens is 4. The van der Waals surface area contributed by atoms with Crippen molar-refractivity contribution in [3.05, 3.63) is 47.0 Å². The van der Waals surface area contributed by atoms with Crippen molar-refractivity contribution in [2.24, 2.45) is 0 Å². The highest BCUT2D eigenvalue weighted by atomic mass is 16.2. The lowest BCUT2D eigenvalue weighted by atomic mass is 10.2. The molecule has 7 heteroatoms. The number of likely N-dealkylation sites (tertiary alicyclic amines) is 1. The molecule has 23 heavy (non-hydrogen) atoms. The van der Waals surface area contributed by atoms with E-state index in [-0.39, 0.29) is 6.03 Å². The fraction of sp³-hybridized carbons (Fsp3) is 0.250. The number of nitrogens with one attached hydrogen (secondary N) is 1. The summed E-state index contributed by atoms with van der Waals surface area (Å²) in [5.74, 6) is 0.514. The highest BCUT2D eigenvalue weighted by Crippen LogP contribution is 2.17. The number of nitrogens with zero attached hydrogens (tertiary/aromatic N) is 4. The zero-order chi connectivity index (χ0) is 15.8. The van der Waals surface area contributed by atoms with Crippen molar-refractivity contribution >= 4 is 17.2 Å². The van der Waals surface area contributed by atoms with Gasteiger partial charge in [-0.25, -0.2) is 24.1 Å². The van der Waals surface area contributed by atoms with E-state index in [1.165, 1.54) is 6.20 Å². The summed E-state index contributed by atoms with van der Waals surface area (Å²) in [5.41, 5.74) is 1.16. The van der Waals surface area contributed by atoms with Crippen molar-refractivity contribution < 1.29 is 4.79 Å². The molecule has 1 aliphatic heterocycles. The Labute approximate surface area is 131 Å². The van der Waals surface area contributed by atoms with E-state index in [1.807, 2.05) is 30.3 Å². The average Bonchev–Trinajstić information content (AvgIpc) is 3.21. The molecule has 1 saturated heterocycles. The number of rotatable bonds is 1. The molecular weight excluding hydrogens is 294 g/mol. The summed E-state index contributed by atoms with van der Waals surface area (Å²) in [6.45, 7) is 1.36. The molecular formula is C16H15N5O2. The third kappa shape index (κ3) is 2.30. The maximum Gasteiger partial charge on any atom is 0.336 e. The van der Waals surface area contributed by atoms with Gasteiger partial charge in [0.2, 0.25) is 0 Å². The normalized spacial score (nSPS) is 14.5. The Hall–Kier alpha value is -2.96. The first kappa shape index (κ1) is 13.7. The second-order valence-corrected chi connectivity index (χ2v) is 5.54. The summed E-state index contributed by atoms with van der Waals surface area (Å²) in [6, 6.07) is 9.18. The molecule has 1 N–H and O–H groups in total. The van der Waals surface area contributed by atoms with E-state index in [9.17, 15) is 9.59 Å². The zero-order valence-corrected chi connectivity index (χ0v) is 12.4. The minimum atomic E-state index is -0.476. The third-order valence-electron chi connectivity index (χ3n) is 4.04. The van der Waals surface area contributed by atoms with Crippen molar-refractivity contribution in [3.63, 3.8) is 0 Å². The molecule has 4 rings (SSSR count). The van der Waals surface area contributed by atoms with E-state index in [1.54, 1.807) is 4.90 Å². The maximum absolute atomic E-state index is 12.5. The van der Waals surface area contributed by atoms with Gasteiger partial charge >= 0.3 is 11.7 Å². The van der Waals surface area contributed by atoms with Crippen LogP contribution < -0.4 is 5.69 Å². The summed E-state index contributed by atoms with van der Waals surface area (Å²) >= 11 is 0. The van der Waals surface area contributed by atoms with Gasteiger partial charge in [-0.15, -0.1) is 0 Å². The Morgan fingerprint density at radius 2 is 1.87 bits per heavy atom. The van der Waals surface area contributed by atoms with Crippen molar-refractivity contribution in [1.29, 1.82) is 0 Å². The maximum atomic E-state index is 12.5. The number of carbonyl (C=O) groups excluding carboxylic acids is 1. The largest absolute Gasteiger partial charge is 0.336 e. The van der Waals surface area contributed by atoms with Crippen LogP contribution in [0.4, 0.5) is 4.79 Å². The predicted molar refractivity (Wildman–Crippen MR) is 85.2 cm³/mol. The third-order valence-corrected chi connectivity index (χ3v) is 4.04. The Bertz CT molecular complexity index is 923. The van der Waals surface area contributed by atoms with Crippen LogP contribution >= 0.6 is 0 Å². The van der Waals surface area contributed by atoms with Crippen molar-refractivity contribution in [2.45, 2.75) is 12.8 Å². The van der Waals surface area contributed by atoms with Crippen molar-refractivity contribution in [2.75, 3.05) is 13.1 Å². The van der Waals surface area contributed by atoms with Crippen LogP contribution in [0.3, 0.4) is 0 Å². The second kappa shape index (κ2) is 5.35. The minimum absolute atomic E-state index is 0.310. The van der Waals surface area contributed by atoms with Crippen molar-refractivity contribution in [1.82, 2.24) is 24.4 Å². The minimum Gasteiger partial charge on any atom is -0.324 e. The Morgan fingerprint density at radius 1 is 1.13 bits per heavy atom. The number of hydrogen-bond donors (Lipinski definition) is 1. The molecule has 0 unspecified atom stereocenters.